The van der Waals surface area contributed by atoms with Crippen molar-refractivity contribution in [2.75, 3.05) is 5.73 Å². The number of thiazole rings is 1. The van der Waals surface area contributed by atoms with E-state index in [0.29, 0.717) is 0 Å². The van der Waals surface area contributed by atoms with E-state index in [1.807, 2.05) is 17.6 Å². The van der Waals surface area contributed by atoms with E-state index >= 15 is 0 Å². The Labute approximate surface area is 97.5 Å². The van der Waals surface area contributed by atoms with Crippen molar-refractivity contribution in [2.45, 2.75) is 17.6 Å². The molecule has 2 aromatic rings. The van der Waals surface area contributed by atoms with Crippen molar-refractivity contribution >= 4 is 28.8 Å². The molecule has 2 N–H and O–H groups in total. The van der Waals surface area contributed by atoms with Crippen molar-refractivity contribution in [3.05, 3.63) is 40.3 Å². The highest BCUT2D eigenvalue weighted by atomic mass is 32.2. The summed E-state index contributed by atoms with van der Waals surface area (Å²) < 4.78 is 0. The Hall–Kier alpha value is -1.00. The smallest absolute Gasteiger partial charge is 0.0795 e. The third-order valence-electron chi connectivity index (χ3n) is 2.07. The average Bonchev–Trinajstić information content (AvgIpc) is 2.72. The molecule has 2 nitrogen and oxygen atoms in total. The van der Waals surface area contributed by atoms with Crippen molar-refractivity contribution in [3.63, 3.8) is 0 Å². The van der Waals surface area contributed by atoms with E-state index in [2.05, 4.69) is 23.4 Å². The van der Waals surface area contributed by atoms with Gasteiger partial charge in [0.25, 0.3) is 0 Å². The summed E-state index contributed by atoms with van der Waals surface area (Å²) in [5.74, 6) is 0.911. The third-order valence-corrected chi connectivity index (χ3v) is 3.90. The van der Waals surface area contributed by atoms with Crippen LogP contribution in [0.2, 0.25) is 0 Å². The lowest BCUT2D eigenvalue weighted by atomic mass is 10.2. The number of rotatable bonds is 3. The maximum Gasteiger partial charge on any atom is 0.0795 e. The molecule has 0 aliphatic carbocycles. The molecule has 15 heavy (non-hydrogen) atoms. The lowest BCUT2D eigenvalue weighted by Crippen LogP contribution is -1.88. The van der Waals surface area contributed by atoms with Crippen molar-refractivity contribution < 1.29 is 0 Å². The fourth-order valence-electron chi connectivity index (χ4n) is 1.23. The summed E-state index contributed by atoms with van der Waals surface area (Å²) in [5, 5.41) is 2.08. The molecule has 1 aromatic heterocycles. The predicted octanol–water partition coefficient (Wildman–Crippen LogP) is 3.33. The van der Waals surface area contributed by atoms with E-state index in [0.717, 1.165) is 17.1 Å². The molecule has 1 aromatic carbocycles. The van der Waals surface area contributed by atoms with Gasteiger partial charge in [-0.2, -0.15) is 0 Å². The Morgan fingerprint density at radius 1 is 1.47 bits per heavy atom. The van der Waals surface area contributed by atoms with Gasteiger partial charge in [-0.25, -0.2) is 4.98 Å². The Bertz CT molecular complexity index is 438. The number of hydrogen-bond acceptors (Lipinski definition) is 4. The Kier molecular flexibility index (Phi) is 3.28. The molecule has 0 aliphatic rings. The Morgan fingerprint density at radius 2 is 2.33 bits per heavy atom. The van der Waals surface area contributed by atoms with Crippen LogP contribution in [0.3, 0.4) is 0 Å². The molecular formula is C11H12N2S2. The van der Waals surface area contributed by atoms with Crippen molar-refractivity contribution in [2.24, 2.45) is 0 Å². The van der Waals surface area contributed by atoms with Crippen LogP contribution in [0.4, 0.5) is 5.69 Å². The summed E-state index contributed by atoms with van der Waals surface area (Å²) >= 11 is 3.42. The summed E-state index contributed by atoms with van der Waals surface area (Å²) in [6.45, 7) is 2.10. The van der Waals surface area contributed by atoms with Gasteiger partial charge in [0.15, 0.2) is 0 Å². The Balaban J connectivity index is 2.07. The fraction of sp³-hybridized carbons (Fsp3) is 0.182. The SMILES string of the molecule is Cc1ccc(N)cc1SCc1cscn1. The quantitative estimate of drug-likeness (QED) is 0.656. The molecule has 0 fully saturated rings. The number of anilines is 1. The summed E-state index contributed by atoms with van der Waals surface area (Å²) in [6.07, 6.45) is 0. The molecule has 4 heteroatoms. The van der Waals surface area contributed by atoms with Gasteiger partial charge in [0.2, 0.25) is 0 Å². The van der Waals surface area contributed by atoms with Crippen LogP contribution < -0.4 is 5.73 Å². The highest BCUT2D eigenvalue weighted by molar-refractivity contribution is 7.98. The van der Waals surface area contributed by atoms with Gasteiger partial charge < -0.3 is 5.73 Å². The van der Waals surface area contributed by atoms with Crippen LogP contribution in [-0.2, 0) is 5.75 Å². The van der Waals surface area contributed by atoms with Gasteiger partial charge in [0.05, 0.1) is 11.2 Å². The minimum Gasteiger partial charge on any atom is -0.399 e. The maximum atomic E-state index is 5.75. The lowest BCUT2D eigenvalue weighted by molar-refractivity contribution is 1.22. The number of hydrogen-bond donors (Lipinski definition) is 1. The summed E-state index contributed by atoms with van der Waals surface area (Å²) in [6, 6.07) is 6.01. The number of benzene rings is 1. The molecule has 0 saturated carbocycles. The predicted molar refractivity (Wildman–Crippen MR) is 67.3 cm³/mol. The molecule has 0 bridgehead atoms. The molecule has 0 unspecified atom stereocenters. The monoisotopic (exact) mass is 236 g/mol. The second kappa shape index (κ2) is 4.68. The molecule has 0 amide bonds. The van der Waals surface area contributed by atoms with Crippen LogP contribution in [0.15, 0.2) is 34.0 Å². The number of aromatic nitrogens is 1. The zero-order valence-electron chi connectivity index (χ0n) is 8.43. The zero-order chi connectivity index (χ0) is 10.7. The number of thioether (sulfide) groups is 1. The van der Waals surface area contributed by atoms with E-state index in [-0.39, 0.29) is 0 Å². The molecule has 1 heterocycles. The minimum absolute atomic E-state index is 0.821. The van der Waals surface area contributed by atoms with Crippen LogP contribution >= 0.6 is 23.1 Å². The van der Waals surface area contributed by atoms with E-state index < -0.39 is 0 Å². The molecule has 0 spiro atoms. The lowest BCUT2D eigenvalue weighted by Gasteiger charge is -2.05. The largest absolute Gasteiger partial charge is 0.399 e. The van der Waals surface area contributed by atoms with Crippen LogP contribution in [0.1, 0.15) is 11.3 Å². The molecule has 0 aliphatic heterocycles. The van der Waals surface area contributed by atoms with E-state index in [1.165, 1.54) is 10.5 Å². The normalized spacial score (nSPS) is 10.5. The van der Waals surface area contributed by atoms with Crippen LogP contribution in [0.25, 0.3) is 0 Å². The molecule has 0 atom stereocenters. The van der Waals surface area contributed by atoms with E-state index in [9.17, 15) is 0 Å². The standard InChI is InChI=1S/C11H12N2S2/c1-8-2-3-9(12)4-11(8)15-6-10-5-14-7-13-10/h2-5,7H,6,12H2,1H3. The molecule has 2 rings (SSSR count). The van der Waals surface area contributed by atoms with Gasteiger partial charge in [-0.15, -0.1) is 23.1 Å². The van der Waals surface area contributed by atoms with E-state index in [1.54, 1.807) is 23.1 Å². The summed E-state index contributed by atoms with van der Waals surface area (Å²) in [7, 11) is 0. The second-order valence-corrected chi connectivity index (χ2v) is 5.03. The summed E-state index contributed by atoms with van der Waals surface area (Å²) in [4.78, 5) is 5.49. The minimum atomic E-state index is 0.821. The molecular weight excluding hydrogens is 224 g/mol. The first-order valence-electron chi connectivity index (χ1n) is 4.61. The number of nitrogens with two attached hydrogens (primary N) is 1. The molecule has 0 radical (unpaired) electrons. The average molecular weight is 236 g/mol. The fourth-order valence-corrected chi connectivity index (χ4v) is 2.87. The van der Waals surface area contributed by atoms with Gasteiger partial charge in [0.1, 0.15) is 0 Å². The van der Waals surface area contributed by atoms with E-state index in [4.69, 9.17) is 5.73 Å². The maximum absolute atomic E-state index is 5.75. The first-order valence-corrected chi connectivity index (χ1v) is 6.54. The highest BCUT2D eigenvalue weighted by Gasteiger charge is 2.01. The van der Waals surface area contributed by atoms with Crippen LogP contribution in [-0.4, -0.2) is 4.98 Å². The summed E-state index contributed by atoms with van der Waals surface area (Å²) in [5.41, 5.74) is 10.8. The van der Waals surface area contributed by atoms with Crippen LogP contribution in [0.5, 0.6) is 0 Å². The van der Waals surface area contributed by atoms with Crippen molar-refractivity contribution in [1.29, 1.82) is 0 Å². The van der Waals surface area contributed by atoms with Gasteiger partial charge in [-0.05, 0) is 24.6 Å². The molecule has 0 saturated heterocycles. The van der Waals surface area contributed by atoms with Crippen molar-refractivity contribution in [3.8, 4) is 0 Å². The molecule has 78 valence electrons. The first kappa shape index (κ1) is 10.5. The second-order valence-electron chi connectivity index (χ2n) is 3.29. The van der Waals surface area contributed by atoms with Gasteiger partial charge in [0, 0.05) is 21.7 Å². The van der Waals surface area contributed by atoms with Crippen LogP contribution in [0, 0.1) is 6.92 Å². The first-order chi connectivity index (χ1) is 7.25. The number of aryl methyl sites for hydroxylation is 1. The zero-order valence-corrected chi connectivity index (χ0v) is 10.1. The van der Waals surface area contributed by atoms with Gasteiger partial charge in [-0.1, -0.05) is 6.07 Å². The van der Waals surface area contributed by atoms with Gasteiger partial charge >= 0.3 is 0 Å². The van der Waals surface area contributed by atoms with Crippen molar-refractivity contribution in [1.82, 2.24) is 4.98 Å². The third kappa shape index (κ3) is 2.73. The Morgan fingerprint density at radius 3 is 3.07 bits per heavy atom. The highest BCUT2D eigenvalue weighted by Crippen LogP contribution is 2.27. The topological polar surface area (TPSA) is 38.9 Å². The number of nitrogens with zero attached hydrogens (tertiary/aromatic N) is 1. The van der Waals surface area contributed by atoms with Gasteiger partial charge in [-0.3, -0.25) is 0 Å². The number of nitrogen functional groups attached to an aromatic ring is 1.